The average molecular weight is 311 g/mol. The highest BCUT2D eigenvalue weighted by Gasteiger charge is 2.20. The fraction of sp³-hybridized carbons (Fsp3) is 0.357. The van der Waals surface area contributed by atoms with Gasteiger partial charge in [-0.15, -0.1) is 11.8 Å². The van der Waals surface area contributed by atoms with Crippen molar-refractivity contribution in [1.29, 1.82) is 0 Å². The quantitative estimate of drug-likeness (QED) is 0.636. The van der Waals surface area contributed by atoms with Gasteiger partial charge in [-0.25, -0.2) is 4.79 Å². The van der Waals surface area contributed by atoms with Crippen molar-refractivity contribution < 1.29 is 24.6 Å². The monoisotopic (exact) mass is 311 g/mol. The molecule has 0 radical (unpaired) electrons. The normalized spacial score (nSPS) is 11.6. The molecule has 0 saturated carbocycles. The molecule has 0 saturated heterocycles. The summed E-state index contributed by atoms with van der Waals surface area (Å²) in [6.07, 6.45) is -0.422. The van der Waals surface area contributed by atoms with Crippen LogP contribution in [0.5, 0.6) is 0 Å². The highest BCUT2D eigenvalue weighted by molar-refractivity contribution is 7.99. The number of carboxylic acids is 2. The van der Waals surface area contributed by atoms with Crippen LogP contribution in [0.1, 0.15) is 18.4 Å². The standard InChI is InChI=1S/C14H17NO5S/c16-12(9-21-8-10-4-2-1-3-5-10)15-11(14(19)20)6-7-13(17)18/h1-5,11H,6-9H2,(H,15,16)(H,17,18)(H,19,20)/t11-/m0/s1. The number of nitrogens with one attached hydrogen (secondary N) is 1. The van der Waals surface area contributed by atoms with Crippen molar-refractivity contribution in [2.24, 2.45) is 0 Å². The van der Waals surface area contributed by atoms with Crippen LogP contribution in [0.4, 0.5) is 0 Å². The molecular formula is C14H17NO5S. The summed E-state index contributed by atoms with van der Waals surface area (Å²) in [6, 6.07) is 8.44. The lowest BCUT2D eigenvalue weighted by Gasteiger charge is -2.13. The number of rotatable bonds is 9. The lowest BCUT2D eigenvalue weighted by molar-refractivity contribution is -0.142. The van der Waals surface area contributed by atoms with Gasteiger partial charge >= 0.3 is 11.9 Å². The molecule has 6 nitrogen and oxygen atoms in total. The van der Waals surface area contributed by atoms with Crippen LogP contribution in [0.15, 0.2) is 30.3 Å². The molecule has 21 heavy (non-hydrogen) atoms. The Morgan fingerprint density at radius 3 is 2.38 bits per heavy atom. The maximum atomic E-state index is 11.7. The summed E-state index contributed by atoms with van der Waals surface area (Å²) in [5, 5.41) is 19.8. The minimum atomic E-state index is -1.22. The van der Waals surface area contributed by atoms with Crippen LogP contribution in [0.2, 0.25) is 0 Å². The van der Waals surface area contributed by atoms with Gasteiger partial charge in [0.1, 0.15) is 6.04 Å². The summed E-state index contributed by atoms with van der Waals surface area (Å²) in [4.78, 5) is 33.0. The Kier molecular flexibility index (Phi) is 7.31. The number of hydrogen-bond acceptors (Lipinski definition) is 4. The van der Waals surface area contributed by atoms with Crippen molar-refractivity contribution >= 4 is 29.6 Å². The van der Waals surface area contributed by atoms with Crippen molar-refractivity contribution in [2.45, 2.75) is 24.6 Å². The Hall–Kier alpha value is -2.02. The lowest BCUT2D eigenvalue weighted by Crippen LogP contribution is -2.41. The van der Waals surface area contributed by atoms with Gasteiger partial charge in [0.05, 0.1) is 5.75 Å². The summed E-state index contributed by atoms with van der Waals surface area (Å²) in [7, 11) is 0. The molecule has 1 atom stereocenters. The molecule has 3 N–H and O–H groups in total. The predicted octanol–water partition coefficient (Wildman–Crippen LogP) is 1.35. The molecule has 0 aromatic heterocycles. The first-order chi connectivity index (χ1) is 9.99. The maximum Gasteiger partial charge on any atom is 0.326 e. The number of hydrogen-bond donors (Lipinski definition) is 3. The lowest BCUT2D eigenvalue weighted by atomic mass is 10.1. The molecule has 7 heteroatoms. The molecule has 0 fully saturated rings. The second-order valence-electron chi connectivity index (χ2n) is 4.37. The summed E-state index contributed by atoms with van der Waals surface area (Å²) in [6.45, 7) is 0. The maximum absolute atomic E-state index is 11.7. The highest BCUT2D eigenvalue weighted by Crippen LogP contribution is 2.11. The van der Waals surface area contributed by atoms with Gasteiger partial charge in [0.25, 0.3) is 0 Å². The van der Waals surface area contributed by atoms with E-state index in [2.05, 4.69) is 5.32 Å². The Labute approximate surface area is 126 Å². The molecule has 1 rings (SSSR count). The molecular weight excluding hydrogens is 294 g/mol. The summed E-state index contributed by atoms with van der Waals surface area (Å²) >= 11 is 1.37. The Morgan fingerprint density at radius 1 is 1.14 bits per heavy atom. The van der Waals surface area contributed by atoms with E-state index < -0.39 is 23.9 Å². The van der Waals surface area contributed by atoms with Crippen LogP contribution >= 0.6 is 11.8 Å². The van der Waals surface area contributed by atoms with Crippen LogP contribution in [-0.2, 0) is 20.1 Å². The molecule has 0 unspecified atom stereocenters. The third-order valence-corrected chi connectivity index (χ3v) is 3.63. The van der Waals surface area contributed by atoms with Gasteiger partial charge in [0.2, 0.25) is 5.91 Å². The van der Waals surface area contributed by atoms with E-state index in [1.54, 1.807) is 0 Å². The van der Waals surface area contributed by atoms with Crippen molar-refractivity contribution in [3.63, 3.8) is 0 Å². The molecule has 0 aliphatic rings. The van der Waals surface area contributed by atoms with E-state index in [-0.39, 0.29) is 18.6 Å². The van der Waals surface area contributed by atoms with Gasteiger partial charge in [-0.2, -0.15) is 0 Å². The zero-order chi connectivity index (χ0) is 15.7. The van der Waals surface area contributed by atoms with Crippen LogP contribution in [0.25, 0.3) is 0 Å². The van der Waals surface area contributed by atoms with E-state index in [4.69, 9.17) is 10.2 Å². The molecule has 0 heterocycles. The van der Waals surface area contributed by atoms with Gasteiger partial charge in [0, 0.05) is 12.2 Å². The average Bonchev–Trinajstić information content (AvgIpc) is 2.44. The zero-order valence-electron chi connectivity index (χ0n) is 11.3. The molecule has 1 aromatic rings. The Balaban J connectivity index is 2.33. The van der Waals surface area contributed by atoms with E-state index in [0.717, 1.165) is 5.56 Å². The second kappa shape index (κ2) is 9.02. The van der Waals surface area contributed by atoms with Crippen molar-refractivity contribution in [3.05, 3.63) is 35.9 Å². The molecule has 1 amide bonds. The first-order valence-electron chi connectivity index (χ1n) is 6.34. The summed E-state index contributed by atoms with van der Waals surface area (Å²) < 4.78 is 0. The van der Waals surface area contributed by atoms with Crippen molar-refractivity contribution in [3.8, 4) is 0 Å². The van der Waals surface area contributed by atoms with E-state index in [0.29, 0.717) is 5.75 Å². The first kappa shape index (κ1) is 17.0. The second-order valence-corrected chi connectivity index (χ2v) is 5.35. The highest BCUT2D eigenvalue weighted by atomic mass is 32.2. The summed E-state index contributed by atoms with van der Waals surface area (Å²) in [5.41, 5.74) is 1.08. The van der Waals surface area contributed by atoms with E-state index in [9.17, 15) is 14.4 Å². The number of aliphatic carboxylic acids is 2. The van der Waals surface area contributed by atoms with E-state index >= 15 is 0 Å². The van der Waals surface area contributed by atoms with Crippen LogP contribution in [0, 0.1) is 0 Å². The third kappa shape index (κ3) is 7.36. The minimum absolute atomic E-state index is 0.125. The van der Waals surface area contributed by atoms with E-state index in [1.807, 2.05) is 30.3 Å². The number of amides is 1. The zero-order valence-corrected chi connectivity index (χ0v) is 12.1. The number of carboxylic acid groups (broad SMARTS) is 2. The molecule has 0 aliphatic heterocycles. The van der Waals surface area contributed by atoms with Crippen LogP contribution in [0.3, 0.4) is 0 Å². The Bertz CT molecular complexity index is 491. The van der Waals surface area contributed by atoms with Gasteiger partial charge in [0.15, 0.2) is 0 Å². The number of carbonyl (C=O) groups is 3. The third-order valence-electron chi connectivity index (χ3n) is 2.62. The van der Waals surface area contributed by atoms with Gasteiger partial charge < -0.3 is 15.5 Å². The van der Waals surface area contributed by atoms with Gasteiger partial charge in [-0.3, -0.25) is 9.59 Å². The fourth-order valence-corrected chi connectivity index (χ4v) is 2.40. The molecule has 1 aromatic carbocycles. The molecule has 0 aliphatic carbocycles. The number of benzene rings is 1. The minimum Gasteiger partial charge on any atom is -0.481 e. The number of carbonyl (C=O) groups excluding carboxylic acids is 1. The SMILES string of the molecule is O=C(O)CC[C@H](NC(=O)CSCc1ccccc1)C(=O)O. The smallest absolute Gasteiger partial charge is 0.326 e. The predicted molar refractivity (Wildman–Crippen MR) is 79.0 cm³/mol. The summed E-state index contributed by atoms with van der Waals surface area (Å²) in [5.74, 6) is -1.94. The van der Waals surface area contributed by atoms with E-state index in [1.165, 1.54) is 11.8 Å². The van der Waals surface area contributed by atoms with Gasteiger partial charge in [-0.05, 0) is 12.0 Å². The van der Waals surface area contributed by atoms with Crippen LogP contribution < -0.4 is 5.32 Å². The largest absolute Gasteiger partial charge is 0.481 e. The van der Waals surface area contributed by atoms with Crippen molar-refractivity contribution in [1.82, 2.24) is 5.32 Å². The van der Waals surface area contributed by atoms with Crippen LogP contribution in [-0.4, -0.2) is 39.9 Å². The molecule has 0 spiro atoms. The Morgan fingerprint density at radius 2 is 1.81 bits per heavy atom. The number of thioether (sulfide) groups is 1. The molecule has 0 bridgehead atoms. The van der Waals surface area contributed by atoms with Gasteiger partial charge in [-0.1, -0.05) is 30.3 Å². The molecule has 114 valence electrons. The van der Waals surface area contributed by atoms with Crippen molar-refractivity contribution in [2.75, 3.05) is 5.75 Å². The first-order valence-corrected chi connectivity index (χ1v) is 7.50. The fourth-order valence-electron chi connectivity index (χ4n) is 1.60. The topological polar surface area (TPSA) is 104 Å².